The van der Waals surface area contributed by atoms with E-state index in [0.717, 1.165) is 60.2 Å². The smallest absolute Gasteiger partial charge is 0.386 e. The highest BCUT2D eigenvalue weighted by Crippen LogP contribution is 2.61. The fourth-order valence-corrected chi connectivity index (χ4v) is 9.35. The third-order valence-electron chi connectivity index (χ3n) is 9.23. The maximum Gasteiger partial charge on any atom is 0.481 e. The molecule has 2 aromatic rings. The molecule has 10 N–H and O–H groups in total. The molecule has 0 aliphatic carbocycles. The van der Waals surface area contributed by atoms with E-state index in [0.29, 0.717) is 5.75 Å². The summed E-state index contributed by atoms with van der Waals surface area (Å²) >= 11 is 1.05. The molecule has 0 saturated carbocycles. The molecule has 3 heterocycles. The summed E-state index contributed by atoms with van der Waals surface area (Å²) < 4.78 is 62.4. The SMILES string of the molecule is CC(C)=CCCC(C)=CCCC(C)=CC(=O)SCCNC(=O)CCNC(=O)[C@H](O)C(C)(C)COP(=O)(O)OP(=O)(O)OC[C@H]1O[C@@H](n2cnc3c(N)ncnc32)[C@H](O)[C@@H]1OP(=O)(O)O. The molecule has 2 unspecified atom stereocenters. The van der Waals surface area contributed by atoms with E-state index in [1.165, 1.54) is 25.0 Å². The normalized spacial score (nSPS) is 20.9. The second-order valence-corrected chi connectivity index (χ2v) is 21.0. The number of phosphoric ester groups is 3. The van der Waals surface area contributed by atoms with E-state index >= 15 is 0 Å². The Kier molecular flexibility index (Phi) is 21.1. The molecule has 1 saturated heterocycles. The lowest BCUT2D eigenvalue weighted by Crippen LogP contribution is -2.46. The summed E-state index contributed by atoms with van der Waals surface area (Å²) in [6, 6.07) is 0. The summed E-state index contributed by atoms with van der Waals surface area (Å²) in [5.41, 5.74) is 7.81. The van der Waals surface area contributed by atoms with E-state index in [2.05, 4.69) is 67.3 Å². The molecule has 24 nitrogen and oxygen atoms in total. The van der Waals surface area contributed by atoms with Gasteiger partial charge in [-0.3, -0.25) is 32.5 Å². The van der Waals surface area contributed by atoms with E-state index in [4.69, 9.17) is 19.5 Å². The van der Waals surface area contributed by atoms with Crippen LogP contribution in [-0.2, 0) is 50.7 Å². The Bertz CT molecular complexity index is 2180. The Morgan fingerprint density at radius 3 is 2.28 bits per heavy atom. The Labute approximate surface area is 373 Å². The number of ether oxygens (including phenoxy) is 1. The molecule has 7 atom stereocenters. The molecule has 0 bridgehead atoms. The van der Waals surface area contributed by atoms with E-state index < -0.39 is 84.6 Å². The van der Waals surface area contributed by atoms with Gasteiger partial charge in [-0.05, 0) is 59.5 Å². The van der Waals surface area contributed by atoms with Crippen LogP contribution in [0.2, 0.25) is 0 Å². The number of aliphatic hydroxyl groups excluding tert-OH is 2. The average molecular weight is 986 g/mol. The first kappa shape index (κ1) is 55.1. The van der Waals surface area contributed by atoms with Gasteiger partial charge in [0.1, 0.15) is 36.3 Å². The number of allylic oxidation sites excluding steroid dienone is 5. The minimum Gasteiger partial charge on any atom is -0.386 e. The van der Waals surface area contributed by atoms with E-state index in [1.54, 1.807) is 6.08 Å². The number of nitrogens with zero attached hydrogens (tertiary/aromatic N) is 4. The second kappa shape index (κ2) is 24.5. The summed E-state index contributed by atoms with van der Waals surface area (Å²) in [5.74, 6) is -1.14. The van der Waals surface area contributed by atoms with Gasteiger partial charge >= 0.3 is 23.5 Å². The van der Waals surface area contributed by atoms with Crippen molar-refractivity contribution in [1.82, 2.24) is 30.2 Å². The zero-order chi connectivity index (χ0) is 48.0. The number of nitrogen functional groups attached to an aromatic ring is 1. The first-order valence-electron chi connectivity index (χ1n) is 19.7. The molecule has 3 rings (SSSR count). The number of hydrogen-bond acceptors (Lipinski definition) is 18. The predicted molar refractivity (Wildman–Crippen MR) is 233 cm³/mol. The predicted octanol–water partition coefficient (Wildman–Crippen LogP) is 3.08. The van der Waals surface area contributed by atoms with Gasteiger partial charge in [0.15, 0.2) is 17.7 Å². The Hall–Kier alpha value is -3.22. The highest BCUT2D eigenvalue weighted by molar-refractivity contribution is 8.14. The lowest BCUT2D eigenvalue weighted by Gasteiger charge is -2.30. The van der Waals surface area contributed by atoms with Gasteiger partial charge in [0.25, 0.3) is 0 Å². The molecule has 0 spiro atoms. The van der Waals surface area contributed by atoms with Crippen molar-refractivity contribution in [2.75, 3.05) is 37.8 Å². The maximum absolute atomic E-state index is 12.7. The molecule has 1 aliphatic heterocycles. The third-order valence-corrected chi connectivity index (χ3v) is 13.1. The second-order valence-electron chi connectivity index (χ2n) is 15.6. The first-order valence-corrected chi connectivity index (χ1v) is 25.2. The summed E-state index contributed by atoms with van der Waals surface area (Å²) in [4.78, 5) is 88.4. The quantitative estimate of drug-likeness (QED) is 0.0283. The highest BCUT2D eigenvalue weighted by atomic mass is 32.2. The molecule has 2 amide bonds. The van der Waals surface area contributed by atoms with Gasteiger partial charge in [-0.1, -0.05) is 54.5 Å². The number of nitrogens with one attached hydrogen (secondary N) is 2. The van der Waals surface area contributed by atoms with Crippen LogP contribution >= 0.6 is 35.2 Å². The number of amides is 2. The molecular weight excluding hydrogens is 927 g/mol. The van der Waals surface area contributed by atoms with Gasteiger partial charge in [0.05, 0.1) is 19.5 Å². The summed E-state index contributed by atoms with van der Waals surface area (Å²) in [6.07, 6.45) is 2.61. The van der Waals surface area contributed by atoms with E-state index in [1.807, 2.05) is 6.92 Å². The van der Waals surface area contributed by atoms with E-state index in [-0.39, 0.29) is 41.6 Å². The van der Waals surface area contributed by atoms with Crippen molar-refractivity contribution in [2.24, 2.45) is 5.41 Å². The molecule has 360 valence electrons. The molecule has 1 fully saturated rings. The molecule has 64 heavy (non-hydrogen) atoms. The van der Waals surface area contributed by atoms with Crippen molar-refractivity contribution in [3.05, 3.63) is 47.6 Å². The minimum absolute atomic E-state index is 0.0297. The van der Waals surface area contributed by atoms with Crippen LogP contribution in [0.5, 0.6) is 0 Å². The van der Waals surface area contributed by atoms with Crippen LogP contribution in [0.25, 0.3) is 11.2 Å². The highest BCUT2D eigenvalue weighted by Gasteiger charge is 2.50. The lowest BCUT2D eigenvalue weighted by atomic mass is 9.87. The number of fused-ring (bicyclic) bond motifs is 1. The van der Waals surface area contributed by atoms with Gasteiger partial charge < -0.3 is 50.9 Å². The maximum atomic E-state index is 12.7. The largest absolute Gasteiger partial charge is 0.481 e. The molecule has 0 radical (unpaired) electrons. The average Bonchev–Trinajstić information content (AvgIpc) is 3.74. The van der Waals surface area contributed by atoms with Crippen molar-refractivity contribution in [3.63, 3.8) is 0 Å². The lowest BCUT2D eigenvalue weighted by molar-refractivity contribution is -0.137. The third kappa shape index (κ3) is 18.6. The molecule has 1 aliphatic rings. The van der Waals surface area contributed by atoms with Gasteiger partial charge in [-0.25, -0.2) is 28.6 Å². The molecular formula is C36H58N7O17P3S. The monoisotopic (exact) mass is 985 g/mol. The number of nitrogens with two attached hydrogens (primary N) is 1. The fourth-order valence-electron chi connectivity index (χ4n) is 5.83. The van der Waals surface area contributed by atoms with Gasteiger partial charge in [0, 0.05) is 30.7 Å². The topological polar surface area (TPSA) is 364 Å². The first-order chi connectivity index (χ1) is 29.7. The van der Waals surface area contributed by atoms with Crippen LogP contribution < -0.4 is 16.4 Å². The van der Waals surface area contributed by atoms with Gasteiger partial charge in [-0.15, -0.1) is 0 Å². The minimum atomic E-state index is -5.58. The number of thioether (sulfide) groups is 1. The van der Waals surface area contributed by atoms with Gasteiger partial charge in [-0.2, -0.15) is 4.31 Å². The fraction of sp³-hybridized carbons (Fsp3) is 0.611. The van der Waals surface area contributed by atoms with Crippen molar-refractivity contribution < 1.29 is 80.5 Å². The van der Waals surface area contributed by atoms with Gasteiger partial charge in [0.2, 0.25) is 16.9 Å². The van der Waals surface area contributed by atoms with Crippen LogP contribution in [0.1, 0.15) is 79.9 Å². The number of hydrogen-bond donors (Lipinski definition) is 9. The van der Waals surface area contributed by atoms with E-state index in [9.17, 15) is 57.9 Å². The number of carbonyl (C=O) groups excluding carboxylic acids is 3. The van der Waals surface area contributed by atoms with Crippen molar-refractivity contribution >= 4 is 69.1 Å². The van der Waals surface area contributed by atoms with Crippen LogP contribution in [0, 0.1) is 5.41 Å². The van der Waals surface area contributed by atoms with Crippen LogP contribution in [0.4, 0.5) is 5.82 Å². The number of aliphatic hydroxyl groups is 2. The summed E-state index contributed by atoms with van der Waals surface area (Å²) in [6.45, 7) is 8.60. The Balaban J connectivity index is 1.41. The number of phosphoric acid groups is 3. The summed E-state index contributed by atoms with van der Waals surface area (Å²) in [5, 5.41) is 26.4. The van der Waals surface area contributed by atoms with Crippen LogP contribution in [0.15, 0.2) is 47.6 Å². The molecule has 2 aromatic heterocycles. The zero-order valence-corrected chi connectivity index (χ0v) is 39.6. The Morgan fingerprint density at radius 1 is 0.953 bits per heavy atom. The number of aromatic nitrogens is 4. The molecule has 28 heteroatoms. The Morgan fingerprint density at radius 2 is 1.61 bits per heavy atom. The standard InChI is InChI=1S/C36H58N7O17P3S/c1-22(2)9-7-10-23(3)11-8-12-24(4)17-27(45)64-16-15-38-26(44)13-14-39-34(48)31(47)36(5,6)19-57-63(54,55)60-62(52,53)56-18-25-30(59-61(49,50)51)29(46)35(58-25)43-21-42-28-32(37)40-20-41-33(28)43/h9,11,17,20-21,25,29-31,35,46-47H,7-8,10,12-16,18-19H2,1-6H3,(H,38,44)(H,39,48)(H,52,53)(H,54,55)(H2,37,40,41)(H2,49,50,51)/t25-,29-,30-,31+,35-/m1/s1. The van der Waals surface area contributed by atoms with Crippen LogP contribution in [0.3, 0.4) is 0 Å². The molecule has 0 aromatic carbocycles. The van der Waals surface area contributed by atoms with Crippen molar-refractivity contribution in [3.8, 4) is 0 Å². The number of rotatable bonds is 26. The number of carbonyl (C=O) groups is 3. The number of anilines is 1. The number of imidazole rings is 1. The van der Waals surface area contributed by atoms with Crippen molar-refractivity contribution in [2.45, 2.75) is 104 Å². The van der Waals surface area contributed by atoms with Crippen LogP contribution in [-0.4, -0.2) is 123 Å². The van der Waals surface area contributed by atoms with Crippen molar-refractivity contribution in [1.29, 1.82) is 0 Å². The zero-order valence-electron chi connectivity index (χ0n) is 36.1. The summed E-state index contributed by atoms with van der Waals surface area (Å²) in [7, 11) is -16.4.